The molecule has 0 atom stereocenters. The van der Waals surface area contributed by atoms with Crippen LogP contribution in [0.5, 0.6) is 0 Å². The Kier molecular flexibility index (Phi) is 5.54. The molecular formula is C13H20ClN3O. The van der Waals surface area contributed by atoms with E-state index in [1.807, 2.05) is 0 Å². The van der Waals surface area contributed by atoms with Crippen molar-refractivity contribution in [1.82, 2.24) is 9.97 Å². The second-order valence-electron chi connectivity index (χ2n) is 5.08. The molecule has 0 spiro atoms. The number of rotatable bonds is 6. The van der Waals surface area contributed by atoms with Crippen molar-refractivity contribution in [2.75, 3.05) is 11.9 Å². The van der Waals surface area contributed by atoms with E-state index in [2.05, 4.69) is 43.0 Å². The van der Waals surface area contributed by atoms with Gasteiger partial charge in [-0.3, -0.25) is 4.79 Å². The molecule has 0 saturated heterocycles. The van der Waals surface area contributed by atoms with E-state index in [0.29, 0.717) is 35.4 Å². The molecule has 5 heteroatoms. The van der Waals surface area contributed by atoms with Crippen LogP contribution < -0.4 is 5.32 Å². The molecule has 100 valence electrons. The van der Waals surface area contributed by atoms with Crippen LogP contribution in [-0.4, -0.2) is 22.8 Å². The lowest BCUT2D eigenvalue weighted by Crippen LogP contribution is -2.25. The molecule has 0 unspecified atom stereocenters. The third-order valence-electron chi connectivity index (χ3n) is 3.17. The van der Waals surface area contributed by atoms with E-state index in [4.69, 9.17) is 11.6 Å². The Morgan fingerprint density at radius 3 is 2.39 bits per heavy atom. The summed E-state index contributed by atoms with van der Waals surface area (Å²) in [6.45, 7) is 9.54. The van der Waals surface area contributed by atoms with E-state index in [0.717, 1.165) is 6.54 Å². The third kappa shape index (κ3) is 3.67. The van der Waals surface area contributed by atoms with Gasteiger partial charge in [-0.05, 0) is 17.8 Å². The van der Waals surface area contributed by atoms with Gasteiger partial charge in [-0.15, -0.1) is 0 Å². The minimum atomic E-state index is 0.188. The number of aromatic nitrogens is 2. The van der Waals surface area contributed by atoms with Crippen LogP contribution in [0.1, 0.15) is 38.1 Å². The fraction of sp³-hybridized carbons (Fsp3) is 0.615. The fourth-order valence-corrected chi connectivity index (χ4v) is 2.25. The standard InChI is InChI=1S/C13H20ClN3O/c1-8(2)10(9(3)4)5-15-13-11(6-18)12(14)16-7-17-13/h6-10H,5H2,1-4H3,(H,15,16,17). The van der Waals surface area contributed by atoms with E-state index in [9.17, 15) is 4.79 Å². The van der Waals surface area contributed by atoms with Gasteiger partial charge in [0.25, 0.3) is 0 Å². The number of hydrogen-bond donors (Lipinski definition) is 1. The number of carbonyl (C=O) groups is 1. The van der Waals surface area contributed by atoms with E-state index < -0.39 is 0 Å². The molecule has 0 radical (unpaired) electrons. The van der Waals surface area contributed by atoms with Crippen molar-refractivity contribution in [2.24, 2.45) is 17.8 Å². The summed E-state index contributed by atoms with van der Waals surface area (Å²) in [5.41, 5.74) is 0.324. The van der Waals surface area contributed by atoms with Crippen molar-refractivity contribution in [2.45, 2.75) is 27.7 Å². The molecule has 0 aliphatic rings. The smallest absolute Gasteiger partial charge is 0.156 e. The van der Waals surface area contributed by atoms with Crippen molar-refractivity contribution in [3.8, 4) is 0 Å². The minimum absolute atomic E-state index is 0.188. The lowest BCUT2D eigenvalue weighted by molar-refractivity contribution is 0.112. The first-order valence-corrected chi connectivity index (χ1v) is 6.54. The molecule has 1 rings (SSSR count). The van der Waals surface area contributed by atoms with Gasteiger partial charge in [-0.2, -0.15) is 0 Å². The molecule has 0 aliphatic carbocycles. The number of nitrogens with zero attached hydrogens (tertiary/aromatic N) is 2. The number of anilines is 1. The highest BCUT2D eigenvalue weighted by atomic mass is 35.5. The van der Waals surface area contributed by atoms with Crippen molar-refractivity contribution < 1.29 is 4.79 Å². The highest BCUT2D eigenvalue weighted by Crippen LogP contribution is 2.22. The van der Waals surface area contributed by atoms with Gasteiger partial charge in [0.2, 0.25) is 0 Å². The summed E-state index contributed by atoms with van der Waals surface area (Å²) in [6, 6.07) is 0. The van der Waals surface area contributed by atoms with E-state index in [1.54, 1.807) is 0 Å². The number of carbonyl (C=O) groups excluding carboxylic acids is 1. The molecular weight excluding hydrogens is 250 g/mol. The molecule has 0 aliphatic heterocycles. The Bertz CT molecular complexity index is 399. The first-order chi connectivity index (χ1) is 8.47. The van der Waals surface area contributed by atoms with Crippen LogP contribution in [0.2, 0.25) is 5.15 Å². The van der Waals surface area contributed by atoms with Gasteiger partial charge in [0.1, 0.15) is 17.3 Å². The van der Waals surface area contributed by atoms with Gasteiger partial charge in [0.05, 0.1) is 5.56 Å². The summed E-state index contributed by atoms with van der Waals surface area (Å²) >= 11 is 5.85. The number of halogens is 1. The zero-order valence-electron chi connectivity index (χ0n) is 11.3. The quantitative estimate of drug-likeness (QED) is 0.636. The number of nitrogens with one attached hydrogen (secondary N) is 1. The summed E-state index contributed by atoms with van der Waals surface area (Å²) in [4.78, 5) is 18.8. The maximum Gasteiger partial charge on any atom is 0.156 e. The van der Waals surface area contributed by atoms with Crippen molar-refractivity contribution in [3.63, 3.8) is 0 Å². The molecule has 1 aromatic rings. The largest absolute Gasteiger partial charge is 0.369 e. The highest BCUT2D eigenvalue weighted by molar-refractivity contribution is 6.32. The third-order valence-corrected chi connectivity index (χ3v) is 3.47. The summed E-state index contributed by atoms with van der Waals surface area (Å²) in [5, 5.41) is 3.39. The summed E-state index contributed by atoms with van der Waals surface area (Å²) in [6.07, 6.45) is 2.04. The minimum Gasteiger partial charge on any atom is -0.369 e. The maximum atomic E-state index is 11.0. The first-order valence-electron chi connectivity index (χ1n) is 6.16. The van der Waals surface area contributed by atoms with Crippen molar-refractivity contribution >= 4 is 23.7 Å². The monoisotopic (exact) mass is 269 g/mol. The Labute approximate surface area is 113 Å². The second-order valence-corrected chi connectivity index (χ2v) is 5.44. The average molecular weight is 270 g/mol. The van der Waals surface area contributed by atoms with Crippen LogP contribution in [0.4, 0.5) is 5.82 Å². The molecule has 1 N–H and O–H groups in total. The molecule has 1 heterocycles. The van der Waals surface area contributed by atoms with E-state index in [1.165, 1.54) is 6.33 Å². The molecule has 0 aromatic carbocycles. The lowest BCUT2D eigenvalue weighted by atomic mass is 9.85. The summed E-state index contributed by atoms with van der Waals surface area (Å²) in [7, 11) is 0. The molecule has 0 fully saturated rings. The van der Waals surface area contributed by atoms with Crippen LogP contribution in [-0.2, 0) is 0 Å². The van der Waals surface area contributed by atoms with Gasteiger partial charge in [0.15, 0.2) is 6.29 Å². The van der Waals surface area contributed by atoms with Gasteiger partial charge in [0, 0.05) is 6.54 Å². The predicted octanol–water partition coefficient (Wildman–Crippen LogP) is 3.28. The molecule has 4 nitrogen and oxygen atoms in total. The second kappa shape index (κ2) is 6.69. The Morgan fingerprint density at radius 2 is 1.89 bits per heavy atom. The summed E-state index contributed by atoms with van der Waals surface area (Å²) in [5.74, 6) is 2.15. The lowest BCUT2D eigenvalue weighted by Gasteiger charge is -2.25. The Morgan fingerprint density at radius 1 is 1.28 bits per heavy atom. The zero-order chi connectivity index (χ0) is 13.7. The summed E-state index contributed by atoms with van der Waals surface area (Å²) < 4.78 is 0. The molecule has 0 saturated carbocycles. The normalized spacial score (nSPS) is 11.3. The van der Waals surface area contributed by atoms with Crippen LogP contribution in [0.3, 0.4) is 0 Å². The Balaban J connectivity index is 2.79. The van der Waals surface area contributed by atoms with Gasteiger partial charge < -0.3 is 5.32 Å². The highest BCUT2D eigenvalue weighted by Gasteiger charge is 2.18. The Hall–Kier alpha value is -1.16. The molecule has 1 aromatic heterocycles. The average Bonchev–Trinajstić information content (AvgIpc) is 2.28. The van der Waals surface area contributed by atoms with E-state index in [-0.39, 0.29) is 5.15 Å². The number of hydrogen-bond acceptors (Lipinski definition) is 4. The van der Waals surface area contributed by atoms with Gasteiger partial charge in [-0.25, -0.2) is 9.97 Å². The van der Waals surface area contributed by atoms with Crippen LogP contribution in [0.15, 0.2) is 6.33 Å². The van der Waals surface area contributed by atoms with Crippen molar-refractivity contribution in [1.29, 1.82) is 0 Å². The number of aldehydes is 1. The van der Waals surface area contributed by atoms with E-state index >= 15 is 0 Å². The van der Waals surface area contributed by atoms with Crippen LogP contribution >= 0.6 is 11.6 Å². The first kappa shape index (κ1) is 14.9. The molecule has 18 heavy (non-hydrogen) atoms. The van der Waals surface area contributed by atoms with Crippen LogP contribution in [0.25, 0.3) is 0 Å². The van der Waals surface area contributed by atoms with Crippen molar-refractivity contribution in [3.05, 3.63) is 17.0 Å². The van der Waals surface area contributed by atoms with Crippen LogP contribution in [0, 0.1) is 17.8 Å². The predicted molar refractivity (Wildman–Crippen MR) is 74.1 cm³/mol. The molecule has 0 amide bonds. The van der Waals surface area contributed by atoms with Gasteiger partial charge >= 0.3 is 0 Å². The maximum absolute atomic E-state index is 11.0. The fourth-order valence-electron chi connectivity index (χ4n) is 2.08. The van der Waals surface area contributed by atoms with Gasteiger partial charge in [-0.1, -0.05) is 39.3 Å². The topological polar surface area (TPSA) is 54.9 Å². The zero-order valence-corrected chi connectivity index (χ0v) is 12.0. The SMILES string of the molecule is CC(C)C(CNc1ncnc(Cl)c1C=O)C(C)C. The molecule has 0 bridgehead atoms.